The predicted molar refractivity (Wildman–Crippen MR) is 75.4 cm³/mol. The van der Waals surface area contributed by atoms with Crippen LogP contribution in [0.1, 0.15) is 5.56 Å². The van der Waals surface area contributed by atoms with E-state index in [0.717, 1.165) is 5.56 Å². The molecule has 0 saturated heterocycles. The van der Waals surface area contributed by atoms with Gasteiger partial charge in [0.05, 0.1) is 4.92 Å². The molecule has 2 aromatic carbocycles. The van der Waals surface area contributed by atoms with Gasteiger partial charge in [0.1, 0.15) is 5.75 Å². The van der Waals surface area contributed by atoms with Crippen LogP contribution in [-0.2, 0) is 4.79 Å². The number of nitro benzene ring substituents is 1. The van der Waals surface area contributed by atoms with Crippen LogP contribution in [0.25, 0.3) is 0 Å². The molecule has 0 fully saturated rings. The molecule has 108 valence electrons. The van der Waals surface area contributed by atoms with Crippen molar-refractivity contribution in [1.82, 2.24) is 0 Å². The van der Waals surface area contributed by atoms with Gasteiger partial charge in [0.2, 0.25) is 0 Å². The molecule has 21 heavy (non-hydrogen) atoms. The van der Waals surface area contributed by atoms with Crippen molar-refractivity contribution >= 4 is 11.7 Å². The van der Waals surface area contributed by atoms with Crippen LogP contribution < -0.4 is 9.47 Å². The van der Waals surface area contributed by atoms with Gasteiger partial charge in [0, 0.05) is 6.07 Å². The molecule has 0 aliphatic carbocycles. The van der Waals surface area contributed by atoms with E-state index in [9.17, 15) is 14.9 Å². The van der Waals surface area contributed by atoms with Crippen molar-refractivity contribution in [1.29, 1.82) is 0 Å². The number of rotatable bonds is 5. The largest absolute Gasteiger partial charge is 0.475 e. The molecule has 0 saturated carbocycles. The Labute approximate surface area is 121 Å². The molecule has 2 aromatic rings. The Hall–Kier alpha value is -2.89. The third-order valence-electron chi connectivity index (χ3n) is 2.72. The minimum absolute atomic E-state index is 0.0317. The highest BCUT2D eigenvalue weighted by atomic mass is 16.6. The van der Waals surface area contributed by atoms with Crippen molar-refractivity contribution in [3.8, 4) is 11.5 Å². The summed E-state index contributed by atoms with van der Waals surface area (Å²) in [6.45, 7) is 1.41. The zero-order valence-electron chi connectivity index (χ0n) is 11.3. The summed E-state index contributed by atoms with van der Waals surface area (Å²) in [5.41, 5.74) is 0.623. The first-order valence-corrected chi connectivity index (χ1v) is 6.20. The van der Waals surface area contributed by atoms with Crippen LogP contribution in [0.15, 0.2) is 48.5 Å². The molecule has 0 heterocycles. The van der Waals surface area contributed by atoms with Gasteiger partial charge in [0.15, 0.2) is 12.4 Å². The van der Waals surface area contributed by atoms with Crippen LogP contribution in [0.3, 0.4) is 0 Å². The van der Waals surface area contributed by atoms with Gasteiger partial charge in [-0.1, -0.05) is 30.3 Å². The molecule has 0 aliphatic heterocycles. The van der Waals surface area contributed by atoms with E-state index in [0.29, 0.717) is 5.75 Å². The SMILES string of the molecule is Cc1ccccc1OC(=O)COc1ccccc1[N+](=O)[O-]. The summed E-state index contributed by atoms with van der Waals surface area (Å²) in [4.78, 5) is 21.9. The Morgan fingerprint density at radius 1 is 1.10 bits per heavy atom. The quantitative estimate of drug-likeness (QED) is 0.365. The van der Waals surface area contributed by atoms with E-state index in [2.05, 4.69) is 0 Å². The lowest BCUT2D eigenvalue weighted by Crippen LogP contribution is -2.18. The Bertz CT molecular complexity index is 669. The molecule has 0 bridgehead atoms. The highest BCUT2D eigenvalue weighted by molar-refractivity contribution is 5.74. The monoisotopic (exact) mass is 287 g/mol. The van der Waals surface area contributed by atoms with E-state index in [4.69, 9.17) is 9.47 Å². The van der Waals surface area contributed by atoms with Gasteiger partial charge >= 0.3 is 11.7 Å². The lowest BCUT2D eigenvalue weighted by Gasteiger charge is -2.08. The van der Waals surface area contributed by atoms with Gasteiger partial charge in [-0.05, 0) is 24.6 Å². The number of carbonyl (C=O) groups excluding carboxylic acids is 1. The summed E-state index contributed by atoms with van der Waals surface area (Å²) < 4.78 is 10.3. The summed E-state index contributed by atoms with van der Waals surface area (Å²) in [5.74, 6) is -0.152. The van der Waals surface area contributed by atoms with E-state index in [1.54, 1.807) is 18.2 Å². The second kappa shape index (κ2) is 6.51. The molecule has 6 nitrogen and oxygen atoms in total. The van der Waals surface area contributed by atoms with E-state index in [1.165, 1.54) is 18.2 Å². The minimum Gasteiger partial charge on any atom is -0.475 e. The number of hydrogen-bond donors (Lipinski definition) is 0. The third-order valence-corrected chi connectivity index (χ3v) is 2.72. The highest BCUT2D eigenvalue weighted by Crippen LogP contribution is 2.25. The number of carbonyl (C=O) groups is 1. The Kier molecular flexibility index (Phi) is 4.50. The molecule has 6 heteroatoms. The number of para-hydroxylation sites is 3. The molecular formula is C15H13NO5. The Morgan fingerprint density at radius 2 is 1.71 bits per heavy atom. The minimum atomic E-state index is -0.623. The van der Waals surface area contributed by atoms with Crippen molar-refractivity contribution in [2.75, 3.05) is 6.61 Å². The second-order valence-electron chi connectivity index (χ2n) is 4.25. The number of nitro groups is 1. The zero-order valence-corrected chi connectivity index (χ0v) is 11.3. The lowest BCUT2D eigenvalue weighted by molar-refractivity contribution is -0.385. The molecule has 0 N–H and O–H groups in total. The smallest absolute Gasteiger partial charge is 0.349 e. The second-order valence-corrected chi connectivity index (χ2v) is 4.25. The predicted octanol–water partition coefficient (Wildman–Crippen LogP) is 2.89. The Morgan fingerprint density at radius 3 is 2.38 bits per heavy atom. The normalized spacial score (nSPS) is 9.95. The van der Waals surface area contributed by atoms with Crippen molar-refractivity contribution in [3.63, 3.8) is 0 Å². The average Bonchev–Trinajstić information content (AvgIpc) is 2.48. The van der Waals surface area contributed by atoms with Gasteiger partial charge < -0.3 is 9.47 Å². The standard InChI is InChI=1S/C15H13NO5/c1-11-6-2-4-8-13(11)21-15(17)10-20-14-9-5-3-7-12(14)16(18)19/h2-9H,10H2,1H3. The molecule has 0 aromatic heterocycles. The van der Waals surface area contributed by atoms with Gasteiger partial charge in [-0.2, -0.15) is 0 Å². The molecule has 0 atom stereocenters. The number of hydrogen-bond acceptors (Lipinski definition) is 5. The summed E-state index contributed by atoms with van der Waals surface area (Å²) in [5, 5.41) is 10.8. The van der Waals surface area contributed by atoms with E-state index < -0.39 is 17.5 Å². The van der Waals surface area contributed by atoms with Crippen LogP contribution in [0, 0.1) is 17.0 Å². The fraction of sp³-hybridized carbons (Fsp3) is 0.133. The number of benzene rings is 2. The summed E-state index contributed by atoms with van der Waals surface area (Å²) in [7, 11) is 0. The molecule has 0 aliphatic rings. The van der Waals surface area contributed by atoms with Crippen LogP contribution in [-0.4, -0.2) is 17.5 Å². The van der Waals surface area contributed by atoms with E-state index >= 15 is 0 Å². The first-order valence-electron chi connectivity index (χ1n) is 6.20. The molecule has 0 spiro atoms. The first-order chi connectivity index (χ1) is 10.1. The van der Waals surface area contributed by atoms with Gasteiger partial charge in [0.25, 0.3) is 0 Å². The third kappa shape index (κ3) is 3.79. The Balaban J connectivity index is 1.99. The fourth-order valence-corrected chi connectivity index (χ4v) is 1.69. The van der Waals surface area contributed by atoms with Crippen molar-refractivity contribution in [2.24, 2.45) is 0 Å². The number of esters is 1. The first kappa shape index (κ1) is 14.5. The molecule has 2 rings (SSSR count). The number of aryl methyl sites for hydroxylation is 1. The van der Waals surface area contributed by atoms with Gasteiger partial charge in [-0.15, -0.1) is 0 Å². The van der Waals surface area contributed by atoms with E-state index in [1.807, 2.05) is 19.1 Å². The van der Waals surface area contributed by atoms with Crippen molar-refractivity contribution < 1.29 is 19.2 Å². The lowest BCUT2D eigenvalue weighted by atomic mass is 10.2. The maximum absolute atomic E-state index is 11.7. The fourth-order valence-electron chi connectivity index (χ4n) is 1.69. The summed E-state index contributed by atoms with van der Waals surface area (Å²) in [6.07, 6.45) is 0. The van der Waals surface area contributed by atoms with E-state index in [-0.39, 0.29) is 11.4 Å². The zero-order chi connectivity index (χ0) is 15.2. The van der Waals surface area contributed by atoms with Crippen molar-refractivity contribution in [2.45, 2.75) is 6.92 Å². The molecular weight excluding hydrogens is 274 g/mol. The van der Waals surface area contributed by atoms with Crippen LogP contribution in [0.2, 0.25) is 0 Å². The van der Waals surface area contributed by atoms with Gasteiger partial charge in [-0.25, -0.2) is 4.79 Å². The van der Waals surface area contributed by atoms with Crippen molar-refractivity contribution in [3.05, 3.63) is 64.2 Å². The molecule has 0 unspecified atom stereocenters. The average molecular weight is 287 g/mol. The maximum atomic E-state index is 11.7. The topological polar surface area (TPSA) is 78.7 Å². The van der Waals surface area contributed by atoms with Gasteiger partial charge in [-0.3, -0.25) is 10.1 Å². The number of nitrogens with zero attached hydrogens (tertiary/aromatic N) is 1. The highest BCUT2D eigenvalue weighted by Gasteiger charge is 2.15. The van der Waals surface area contributed by atoms with Crippen LogP contribution in [0.5, 0.6) is 11.5 Å². The summed E-state index contributed by atoms with van der Waals surface area (Å²) >= 11 is 0. The molecule has 0 amide bonds. The molecule has 0 radical (unpaired) electrons. The maximum Gasteiger partial charge on any atom is 0.349 e. The van der Waals surface area contributed by atoms with Crippen LogP contribution in [0.4, 0.5) is 5.69 Å². The summed E-state index contributed by atoms with van der Waals surface area (Å²) in [6, 6.07) is 12.9. The van der Waals surface area contributed by atoms with Crippen LogP contribution >= 0.6 is 0 Å². The number of ether oxygens (including phenoxy) is 2.